The third-order valence-corrected chi connectivity index (χ3v) is 2.35. The van der Waals surface area contributed by atoms with Crippen LogP contribution < -0.4 is 0 Å². The molecule has 1 aromatic rings. The van der Waals surface area contributed by atoms with Crippen LogP contribution in [0.25, 0.3) is 5.70 Å². The third-order valence-electron chi connectivity index (χ3n) is 2.35. The Morgan fingerprint density at radius 2 is 2.00 bits per heavy atom. The lowest BCUT2D eigenvalue weighted by Gasteiger charge is -2.16. The molecule has 0 aliphatic heterocycles. The van der Waals surface area contributed by atoms with Crippen LogP contribution in [0.5, 0.6) is 0 Å². The number of nitriles is 1. The minimum atomic E-state index is -0.745. The fraction of sp³-hybridized carbons (Fsp3) is 0.214. The first-order chi connectivity index (χ1) is 9.10. The van der Waals surface area contributed by atoms with E-state index < -0.39 is 5.97 Å². The lowest BCUT2D eigenvalue weighted by atomic mass is 10.1. The molecule has 98 valence electrons. The number of carbonyl (C=O) groups excluding carboxylic acids is 1. The molecule has 0 bridgehead atoms. The summed E-state index contributed by atoms with van der Waals surface area (Å²) in [5.41, 5.74) is 1.45. The Labute approximate surface area is 112 Å². The molecule has 0 amide bonds. The van der Waals surface area contributed by atoms with Gasteiger partial charge in [-0.25, -0.2) is 9.79 Å². The van der Waals surface area contributed by atoms with Gasteiger partial charge in [0.05, 0.1) is 19.0 Å². The van der Waals surface area contributed by atoms with Crippen molar-refractivity contribution in [1.82, 2.24) is 4.90 Å². The van der Waals surface area contributed by atoms with E-state index in [1.165, 1.54) is 13.3 Å². The van der Waals surface area contributed by atoms with E-state index in [2.05, 4.69) is 9.73 Å². The average Bonchev–Trinajstić information content (AvgIpc) is 2.43. The quantitative estimate of drug-likeness (QED) is 0.608. The predicted octanol–water partition coefficient (Wildman–Crippen LogP) is 1.68. The molecule has 1 aromatic carbocycles. The highest BCUT2D eigenvalue weighted by molar-refractivity contribution is 6.43. The van der Waals surface area contributed by atoms with E-state index >= 15 is 0 Å². The van der Waals surface area contributed by atoms with Crippen molar-refractivity contribution in [3.63, 3.8) is 0 Å². The van der Waals surface area contributed by atoms with E-state index in [-0.39, 0.29) is 5.71 Å². The first-order valence-electron chi connectivity index (χ1n) is 5.59. The van der Waals surface area contributed by atoms with Gasteiger partial charge in [0.25, 0.3) is 0 Å². The van der Waals surface area contributed by atoms with E-state index in [1.54, 1.807) is 6.07 Å². The lowest BCUT2D eigenvalue weighted by molar-refractivity contribution is -0.132. The number of rotatable bonds is 4. The maximum Gasteiger partial charge on any atom is 0.367 e. The van der Waals surface area contributed by atoms with Crippen molar-refractivity contribution in [2.75, 3.05) is 21.2 Å². The molecule has 1 rings (SSSR count). The van der Waals surface area contributed by atoms with Gasteiger partial charge in [-0.15, -0.1) is 0 Å². The maximum atomic E-state index is 11.2. The van der Waals surface area contributed by atoms with Gasteiger partial charge in [-0.3, -0.25) is 0 Å². The van der Waals surface area contributed by atoms with E-state index in [1.807, 2.05) is 49.3 Å². The molecule has 0 aliphatic rings. The van der Waals surface area contributed by atoms with E-state index in [4.69, 9.17) is 5.26 Å². The second-order valence-corrected chi connectivity index (χ2v) is 3.86. The summed E-state index contributed by atoms with van der Waals surface area (Å²) in [5.74, 6) is -0.745. The van der Waals surface area contributed by atoms with E-state index in [0.717, 1.165) is 11.3 Å². The van der Waals surface area contributed by atoms with Gasteiger partial charge in [0, 0.05) is 14.1 Å². The topological polar surface area (TPSA) is 65.7 Å². The van der Waals surface area contributed by atoms with Crippen LogP contribution in [0.2, 0.25) is 0 Å². The molecule has 0 saturated heterocycles. The van der Waals surface area contributed by atoms with Crippen molar-refractivity contribution in [3.05, 3.63) is 42.1 Å². The molecule has 19 heavy (non-hydrogen) atoms. The molecule has 0 unspecified atom stereocenters. The molecule has 5 heteroatoms. The van der Waals surface area contributed by atoms with Gasteiger partial charge in [0.1, 0.15) is 6.07 Å². The summed E-state index contributed by atoms with van der Waals surface area (Å²) in [6.45, 7) is 0. The second kappa shape index (κ2) is 6.97. The molecule has 0 fully saturated rings. The number of carbonyl (C=O) groups is 1. The zero-order valence-corrected chi connectivity index (χ0v) is 11.1. The van der Waals surface area contributed by atoms with Gasteiger partial charge in [0.15, 0.2) is 0 Å². The van der Waals surface area contributed by atoms with Crippen molar-refractivity contribution in [3.8, 4) is 6.07 Å². The van der Waals surface area contributed by atoms with Gasteiger partial charge in [-0.05, 0) is 5.56 Å². The normalized spacial score (nSPS) is 11.7. The molecule has 0 aliphatic carbocycles. The number of aliphatic imine (C=N–C) groups is 1. The number of methoxy groups -OCH3 is 1. The first-order valence-corrected chi connectivity index (χ1v) is 5.59. The van der Waals surface area contributed by atoms with Crippen LogP contribution in [0.4, 0.5) is 0 Å². The summed E-state index contributed by atoms with van der Waals surface area (Å²) in [5, 5.41) is 8.83. The van der Waals surface area contributed by atoms with Crippen LogP contribution in [0.1, 0.15) is 5.56 Å². The summed E-state index contributed by atoms with van der Waals surface area (Å²) in [4.78, 5) is 17.0. The van der Waals surface area contributed by atoms with Crippen LogP contribution in [0, 0.1) is 11.3 Å². The zero-order chi connectivity index (χ0) is 14.3. The molecular weight excluding hydrogens is 242 g/mol. The van der Waals surface area contributed by atoms with Crippen LogP contribution in [0.15, 0.2) is 41.5 Å². The molecule has 0 atom stereocenters. The van der Waals surface area contributed by atoms with Gasteiger partial charge in [-0.2, -0.15) is 5.26 Å². The Morgan fingerprint density at radius 1 is 1.37 bits per heavy atom. The minimum absolute atomic E-state index is 0.280. The molecular formula is C14H15N3O2. The maximum absolute atomic E-state index is 11.2. The average molecular weight is 257 g/mol. The highest BCUT2D eigenvalue weighted by Gasteiger charge is 2.10. The molecule has 0 saturated carbocycles. The number of hydrogen-bond donors (Lipinski definition) is 0. The predicted molar refractivity (Wildman–Crippen MR) is 73.2 cm³/mol. The molecule has 0 aromatic heterocycles. The standard InChI is InChI=1S/C14H15N3O2/c1-17(2)13(11-7-5-4-6-8-11)10-16-12(9-15)14(18)19-3/h4-8,10H,1-3H3/b13-10+,16-12?. The Kier molecular flexibility index (Phi) is 5.30. The molecule has 0 heterocycles. The molecule has 0 N–H and O–H groups in total. The Hall–Kier alpha value is -2.61. The molecule has 0 spiro atoms. The Morgan fingerprint density at radius 3 is 2.47 bits per heavy atom. The molecule has 0 radical (unpaired) electrons. The largest absolute Gasteiger partial charge is 0.464 e. The zero-order valence-electron chi connectivity index (χ0n) is 11.1. The van der Waals surface area contributed by atoms with Crippen molar-refractivity contribution >= 4 is 17.4 Å². The minimum Gasteiger partial charge on any atom is -0.464 e. The fourth-order valence-corrected chi connectivity index (χ4v) is 1.41. The van der Waals surface area contributed by atoms with Crippen molar-refractivity contribution in [1.29, 1.82) is 5.26 Å². The summed E-state index contributed by atoms with van der Waals surface area (Å²) in [6.07, 6.45) is 1.48. The number of ether oxygens (including phenoxy) is 1. The highest BCUT2D eigenvalue weighted by atomic mass is 16.5. The van der Waals surface area contributed by atoms with Crippen molar-refractivity contribution in [2.45, 2.75) is 0 Å². The van der Waals surface area contributed by atoms with Crippen molar-refractivity contribution < 1.29 is 9.53 Å². The summed E-state index contributed by atoms with van der Waals surface area (Å²) >= 11 is 0. The summed E-state index contributed by atoms with van der Waals surface area (Å²) in [6, 6.07) is 11.3. The number of benzene rings is 1. The van der Waals surface area contributed by atoms with Crippen LogP contribution in [0.3, 0.4) is 0 Å². The SMILES string of the molecule is COC(=O)C(C#N)=N/C=C(\c1ccccc1)N(C)C. The van der Waals surface area contributed by atoms with Crippen LogP contribution >= 0.6 is 0 Å². The van der Waals surface area contributed by atoms with Gasteiger partial charge < -0.3 is 9.64 Å². The lowest BCUT2D eigenvalue weighted by Crippen LogP contribution is -2.14. The number of nitrogens with zero attached hydrogens (tertiary/aromatic N) is 3. The summed E-state index contributed by atoms with van der Waals surface area (Å²) < 4.78 is 4.47. The second-order valence-electron chi connectivity index (χ2n) is 3.86. The third kappa shape index (κ3) is 3.96. The monoisotopic (exact) mass is 257 g/mol. The van der Waals surface area contributed by atoms with Crippen LogP contribution in [-0.4, -0.2) is 37.8 Å². The van der Waals surface area contributed by atoms with Crippen LogP contribution in [-0.2, 0) is 9.53 Å². The molecule has 5 nitrogen and oxygen atoms in total. The van der Waals surface area contributed by atoms with E-state index in [0.29, 0.717) is 0 Å². The van der Waals surface area contributed by atoms with Gasteiger partial charge in [0.2, 0.25) is 5.71 Å². The van der Waals surface area contributed by atoms with Gasteiger partial charge in [-0.1, -0.05) is 30.3 Å². The fourth-order valence-electron chi connectivity index (χ4n) is 1.41. The Bertz CT molecular complexity index is 540. The van der Waals surface area contributed by atoms with Crippen molar-refractivity contribution in [2.24, 2.45) is 4.99 Å². The smallest absolute Gasteiger partial charge is 0.367 e. The Balaban J connectivity index is 3.14. The highest BCUT2D eigenvalue weighted by Crippen LogP contribution is 2.16. The summed E-state index contributed by atoms with van der Waals surface area (Å²) in [7, 11) is 4.93. The van der Waals surface area contributed by atoms with Gasteiger partial charge >= 0.3 is 5.97 Å². The first kappa shape index (κ1) is 14.5. The number of esters is 1. The number of hydrogen-bond acceptors (Lipinski definition) is 5. The van der Waals surface area contributed by atoms with E-state index in [9.17, 15) is 4.79 Å².